The van der Waals surface area contributed by atoms with Gasteiger partial charge in [-0.2, -0.15) is 9.61 Å². The van der Waals surface area contributed by atoms with Crippen LogP contribution in [-0.4, -0.2) is 60.9 Å². The lowest BCUT2D eigenvalue weighted by Crippen LogP contribution is -2.42. The molecule has 1 saturated heterocycles. The van der Waals surface area contributed by atoms with Gasteiger partial charge in [0.15, 0.2) is 11.5 Å². The molecule has 0 spiro atoms. The summed E-state index contributed by atoms with van der Waals surface area (Å²) in [5, 5.41) is 19.4. The number of hydrogen-bond donors (Lipinski definition) is 3. The van der Waals surface area contributed by atoms with E-state index in [-0.39, 0.29) is 5.91 Å². The Hall–Kier alpha value is -3.24. The molecule has 4 heterocycles. The predicted molar refractivity (Wildman–Crippen MR) is 109 cm³/mol. The molecule has 10 nitrogen and oxygen atoms in total. The van der Waals surface area contributed by atoms with Gasteiger partial charge in [0, 0.05) is 38.3 Å². The third kappa shape index (κ3) is 3.15. The maximum absolute atomic E-state index is 12.4. The van der Waals surface area contributed by atoms with Crippen LogP contribution in [0.5, 0.6) is 0 Å². The molecule has 4 aromatic rings. The van der Waals surface area contributed by atoms with Gasteiger partial charge in [0.05, 0.1) is 22.3 Å². The van der Waals surface area contributed by atoms with Gasteiger partial charge < -0.3 is 16.0 Å². The highest BCUT2D eigenvalue weighted by atomic mass is 35.5. The number of amides is 1. The fourth-order valence-corrected chi connectivity index (χ4v) is 3.57. The SMILES string of the molecule is Cn1cc(-c2nc3c4cccc(Cl)c4nc(N[C@@H]4CNCCNC4=O)n3n2)cn1. The van der Waals surface area contributed by atoms with E-state index >= 15 is 0 Å². The topological polar surface area (TPSA) is 114 Å². The molecule has 29 heavy (non-hydrogen) atoms. The van der Waals surface area contributed by atoms with Crippen LogP contribution in [0.1, 0.15) is 0 Å². The van der Waals surface area contributed by atoms with Crippen molar-refractivity contribution in [3.05, 3.63) is 35.6 Å². The summed E-state index contributed by atoms with van der Waals surface area (Å²) in [5.74, 6) is 0.808. The summed E-state index contributed by atoms with van der Waals surface area (Å²) in [6.45, 7) is 1.77. The Labute approximate surface area is 170 Å². The second kappa shape index (κ2) is 6.98. The maximum atomic E-state index is 12.4. The summed E-state index contributed by atoms with van der Waals surface area (Å²) in [6, 6.07) is 5.02. The highest BCUT2D eigenvalue weighted by Crippen LogP contribution is 2.28. The number of nitrogens with zero attached hydrogens (tertiary/aromatic N) is 6. The van der Waals surface area contributed by atoms with Crippen molar-refractivity contribution in [3.8, 4) is 11.4 Å². The van der Waals surface area contributed by atoms with Gasteiger partial charge in [-0.05, 0) is 12.1 Å². The molecule has 0 unspecified atom stereocenters. The molecule has 1 aliphatic rings. The number of hydrogen-bond acceptors (Lipinski definition) is 7. The molecular weight excluding hydrogens is 394 g/mol. The monoisotopic (exact) mass is 411 g/mol. The standard InChI is InChI=1S/C18H18ClN9O/c1-27-9-10(7-22-27)15-25-16-11-3-2-4-12(19)14(11)24-18(28(16)26-15)23-13-8-20-5-6-21-17(13)29/h2-4,7,9,13,20H,5-6,8H2,1H3,(H,21,29)(H,23,24)/t13-/m1/s1. The molecule has 148 valence electrons. The van der Waals surface area contributed by atoms with E-state index in [4.69, 9.17) is 16.6 Å². The van der Waals surface area contributed by atoms with Crippen molar-refractivity contribution in [2.24, 2.45) is 7.05 Å². The minimum atomic E-state index is -0.501. The Bertz CT molecular complexity index is 1230. The molecule has 3 aromatic heterocycles. The zero-order chi connectivity index (χ0) is 20.0. The number of para-hydroxylation sites is 1. The molecule has 0 aliphatic carbocycles. The van der Waals surface area contributed by atoms with E-state index in [0.717, 1.165) is 10.9 Å². The summed E-state index contributed by atoms with van der Waals surface area (Å²) in [7, 11) is 1.83. The second-order valence-corrected chi connectivity index (χ2v) is 7.24. The van der Waals surface area contributed by atoms with Crippen molar-refractivity contribution < 1.29 is 4.79 Å². The first-order valence-electron chi connectivity index (χ1n) is 9.19. The van der Waals surface area contributed by atoms with E-state index in [9.17, 15) is 4.79 Å². The number of carbonyl (C=O) groups is 1. The molecule has 1 atom stereocenters. The molecule has 1 amide bonds. The molecule has 3 N–H and O–H groups in total. The summed E-state index contributed by atoms with van der Waals surface area (Å²) >= 11 is 6.40. The number of rotatable bonds is 3. The summed E-state index contributed by atoms with van der Waals surface area (Å²) in [5.41, 5.74) is 1.98. The normalized spacial score (nSPS) is 17.4. The van der Waals surface area contributed by atoms with Gasteiger partial charge in [-0.15, -0.1) is 5.10 Å². The van der Waals surface area contributed by atoms with E-state index in [0.29, 0.717) is 47.6 Å². The number of aromatic nitrogens is 6. The molecule has 11 heteroatoms. The van der Waals surface area contributed by atoms with Gasteiger partial charge in [0.2, 0.25) is 11.9 Å². The van der Waals surface area contributed by atoms with Crippen LogP contribution < -0.4 is 16.0 Å². The average molecular weight is 412 g/mol. The van der Waals surface area contributed by atoms with Crippen LogP contribution >= 0.6 is 11.6 Å². The van der Waals surface area contributed by atoms with Crippen molar-refractivity contribution in [1.29, 1.82) is 0 Å². The zero-order valence-electron chi connectivity index (χ0n) is 15.6. The van der Waals surface area contributed by atoms with Gasteiger partial charge in [0.1, 0.15) is 6.04 Å². The number of aryl methyl sites for hydroxylation is 1. The quantitative estimate of drug-likeness (QED) is 0.457. The van der Waals surface area contributed by atoms with Crippen LogP contribution in [0, 0.1) is 0 Å². The van der Waals surface area contributed by atoms with Gasteiger partial charge >= 0.3 is 0 Å². The Balaban J connectivity index is 1.69. The zero-order valence-corrected chi connectivity index (χ0v) is 16.3. The van der Waals surface area contributed by atoms with Gasteiger partial charge in [0.25, 0.3) is 0 Å². The number of benzene rings is 1. The highest BCUT2D eigenvalue weighted by Gasteiger charge is 2.24. The third-order valence-electron chi connectivity index (χ3n) is 4.79. The Morgan fingerprint density at radius 2 is 2.17 bits per heavy atom. The van der Waals surface area contributed by atoms with Crippen molar-refractivity contribution in [3.63, 3.8) is 0 Å². The van der Waals surface area contributed by atoms with Crippen LogP contribution in [-0.2, 0) is 11.8 Å². The Morgan fingerprint density at radius 3 is 3.00 bits per heavy atom. The summed E-state index contributed by atoms with van der Waals surface area (Å²) in [4.78, 5) is 21.8. The van der Waals surface area contributed by atoms with Crippen molar-refractivity contribution >= 4 is 40.0 Å². The number of anilines is 1. The molecule has 0 radical (unpaired) electrons. The van der Waals surface area contributed by atoms with E-state index in [2.05, 4.69) is 31.1 Å². The number of carbonyl (C=O) groups excluding carboxylic acids is 1. The first kappa shape index (κ1) is 17.8. The largest absolute Gasteiger partial charge is 0.353 e. The molecule has 1 fully saturated rings. The van der Waals surface area contributed by atoms with E-state index in [1.165, 1.54) is 0 Å². The van der Waals surface area contributed by atoms with Crippen LogP contribution in [0.3, 0.4) is 0 Å². The van der Waals surface area contributed by atoms with E-state index in [1.54, 1.807) is 21.5 Å². The highest BCUT2D eigenvalue weighted by molar-refractivity contribution is 6.35. The molecule has 0 bridgehead atoms. The minimum absolute atomic E-state index is 0.100. The molecule has 1 aromatic carbocycles. The Kier molecular flexibility index (Phi) is 4.29. The summed E-state index contributed by atoms with van der Waals surface area (Å²) < 4.78 is 3.30. The van der Waals surface area contributed by atoms with Gasteiger partial charge in [-0.1, -0.05) is 17.7 Å². The average Bonchev–Trinajstić information content (AvgIpc) is 3.29. The lowest BCUT2D eigenvalue weighted by Gasteiger charge is -2.16. The van der Waals surface area contributed by atoms with Crippen LogP contribution in [0.4, 0.5) is 5.95 Å². The third-order valence-corrected chi connectivity index (χ3v) is 5.09. The van der Waals surface area contributed by atoms with Gasteiger partial charge in [-0.3, -0.25) is 9.48 Å². The number of fused-ring (bicyclic) bond motifs is 3. The maximum Gasteiger partial charge on any atom is 0.243 e. The van der Waals surface area contributed by atoms with Crippen LogP contribution in [0.25, 0.3) is 27.9 Å². The van der Waals surface area contributed by atoms with Crippen molar-refractivity contribution in [1.82, 2.24) is 40.0 Å². The van der Waals surface area contributed by atoms with Gasteiger partial charge in [-0.25, -0.2) is 9.97 Å². The minimum Gasteiger partial charge on any atom is -0.353 e. The van der Waals surface area contributed by atoms with Crippen molar-refractivity contribution in [2.75, 3.05) is 25.0 Å². The van der Waals surface area contributed by atoms with E-state index in [1.807, 2.05) is 25.4 Å². The van der Waals surface area contributed by atoms with Crippen LogP contribution in [0.2, 0.25) is 5.02 Å². The molecule has 5 rings (SSSR count). The van der Waals surface area contributed by atoms with Crippen LogP contribution in [0.15, 0.2) is 30.6 Å². The summed E-state index contributed by atoms with van der Waals surface area (Å²) in [6.07, 6.45) is 3.54. The number of nitrogens with one attached hydrogen (secondary N) is 3. The fraction of sp³-hybridized carbons (Fsp3) is 0.278. The first-order valence-corrected chi connectivity index (χ1v) is 9.57. The Morgan fingerprint density at radius 1 is 1.28 bits per heavy atom. The second-order valence-electron chi connectivity index (χ2n) is 6.84. The molecule has 0 saturated carbocycles. The lowest BCUT2D eigenvalue weighted by atomic mass is 10.2. The smallest absolute Gasteiger partial charge is 0.243 e. The van der Waals surface area contributed by atoms with E-state index < -0.39 is 6.04 Å². The fourth-order valence-electron chi connectivity index (χ4n) is 3.36. The molecular formula is C18H18ClN9O. The lowest BCUT2D eigenvalue weighted by molar-refractivity contribution is -0.121. The first-order chi connectivity index (χ1) is 14.1. The number of halogens is 1. The molecule has 1 aliphatic heterocycles. The van der Waals surface area contributed by atoms with Crippen molar-refractivity contribution in [2.45, 2.75) is 6.04 Å². The predicted octanol–water partition coefficient (Wildman–Crippen LogP) is 0.831.